The lowest BCUT2D eigenvalue weighted by Crippen LogP contribution is -2.40. The molecule has 0 aliphatic carbocycles. The smallest absolute Gasteiger partial charge is 0.0994 e. The summed E-state index contributed by atoms with van der Waals surface area (Å²) >= 11 is 0. The van der Waals surface area contributed by atoms with Crippen molar-refractivity contribution < 1.29 is 10.2 Å². The maximum Gasteiger partial charge on any atom is 0.0994 e. The van der Waals surface area contributed by atoms with Gasteiger partial charge >= 0.3 is 0 Å². The SMILES string of the molecule is C=CCN(CCO)CC(C)(O)c1ccccc1. The highest BCUT2D eigenvalue weighted by Gasteiger charge is 2.25. The Bertz CT molecular complexity index is 335. The zero-order valence-electron chi connectivity index (χ0n) is 10.3. The van der Waals surface area contributed by atoms with E-state index in [2.05, 4.69) is 6.58 Å². The molecule has 0 amide bonds. The highest BCUT2D eigenvalue weighted by Crippen LogP contribution is 2.21. The van der Waals surface area contributed by atoms with Gasteiger partial charge in [-0.05, 0) is 12.5 Å². The first-order valence-corrected chi connectivity index (χ1v) is 5.82. The van der Waals surface area contributed by atoms with Crippen LogP contribution in [0.3, 0.4) is 0 Å². The number of benzene rings is 1. The van der Waals surface area contributed by atoms with E-state index in [0.29, 0.717) is 19.6 Å². The summed E-state index contributed by atoms with van der Waals surface area (Å²) in [6.45, 7) is 7.22. The third-order valence-electron chi connectivity index (χ3n) is 2.73. The molecule has 0 saturated heterocycles. The van der Waals surface area contributed by atoms with E-state index in [9.17, 15) is 5.11 Å². The van der Waals surface area contributed by atoms with Gasteiger partial charge in [0.1, 0.15) is 0 Å². The summed E-state index contributed by atoms with van der Waals surface area (Å²) in [6.07, 6.45) is 1.77. The topological polar surface area (TPSA) is 43.7 Å². The fourth-order valence-corrected chi connectivity index (χ4v) is 1.88. The molecule has 1 unspecified atom stereocenters. The molecule has 1 rings (SSSR count). The second kappa shape index (κ2) is 6.55. The molecule has 3 nitrogen and oxygen atoms in total. The first-order chi connectivity index (χ1) is 8.10. The zero-order valence-corrected chi connectivity index (χ0v) is 10.3. The van der Waals surface area contributed by atoms with E-state index in [1.807, 2.05) is 35.2 Å². The van der Waals surface area contributed by atoms with Crippen LogP contribution in [0.2, 0.25) is 0 Å². The second-order valence-electron chi connectivity index (χ2n) is 4.39. The van der Waals surface area contributed by atoms with E-state index in [1.54, 1.807) is 13.0 Å². The van der Waals surface area contributed by atoms with Crippen molar-refractivity contribution in [2.24, 2.45) is 0 Å². The normalized spacial score (nSPS) is 14.6. The third kappa shape index (κ3) is 4.30. The lowest BCUT2D eigenvalue weighted by Gasteiger charge is -2.31. The van der Waals surface area contributed by atoms with E-state index in [0.717, 1.165) is 5.56 Å². The maximum atomic E-state index is 10.5. The molecule has 0 fully saturated rings. The van der Waals surface area contributed by atoms with E-state index >= 15 is 0 Å². The Kier molecular flexibility index (Phi) is 5.35. The summed E-state index contributed by atoms with van der Waals surface area (Å²) in [7, 11) is 0. The van der Waals surface area contributed by atoms with Gasteiger partial charge in [-0.15, -0.1) is 6.58 Å². The van der Waals surface area contributed by atoms with Crippen molar-refractivity contribution in [1.29, 1.82) is 0 Å². The quantitative estimate of drug-likeness (QED) is 0.702. The number of hydrogen-bond acceptors (Lipinski definition) is 3. The molecule has 0 heterocycles. The Morgan fingerprint density at radius 3 is 2.53 bits per heavy atom. The van der Waals surface area contributed by atoms with Crippen molar-refractivity contribution in [3.05, 3.63) is 48.6 Å². The zero-order chi connectivity index (χ0) is 12.7. The van der Waals surface area contributed by atoms with Crippen LogP contribution in [0.25, 0.3) is 0 Å². The first kappa shape index (κ1) is 13.9. The first-order valence-electron chi connectivity index (χ1n) is 5.82. The molecule has 0 saturated carbocycles. The van der Waals surface area contributed by atoms with Gasteiger partial charge in [-0.2, -0.15) is 0 Å². The van der Waals surface area contributed by atoms with Crippen LogP contribution in [0, 0.1) is 0 Å². The monoisotopic (exact) mass is 235 g/mol. The Morgan fingerprint density at radius 1 is 1.35 bits per heavy atom. The molecular formula is C14H21NO2. The summed E-state index contributed by atoms with van der Waals surface area (Å²) in [5.74, 6) is 0. The summed E-state index contributed by atoms with van der Waals surface area (Å²) in [5.41, 5.74) is -0.0357. The van der Waals surface area contributed by atoms with E-state index < -0.39 is 5.60 Å². The van der Waals surface area contributed by atoms with Gasteiger partial charge in [0.2, 0.25) is 0 Å². The van der Waals surface area contributed by atoms with Gasteiger partial charge in [-0.3, -0.25) is 4.90 Å². The lowest BCUT2D eigenvalue weighted by atomic mass is 9.95. The van der Waals surface area contributed by atoms with Crippen molar-refractivity contribution in [2.45, 2.75) is 12.5 Å². The molecule has 17 heavy (non-hydrogen) atoms. The number of aliphatic hydroxyl groups excluding tert-OH is 1. The number of aliphatic hydroxyl groups is 2. The number of hydrogen-bond donors (Lipinski definition) is 2. The van der Waals surface area contributed by atoms with Gasteiger partial charge in [-0.25, -0.2) is 0 Å². The predicted octanol–water partition coefficient (Wildman–Crippen LogP) is 1.37. The molecule has 0 spiro atoms. The number of rotatable bonds is 7. The lowest BCUT2D eigenvalue weighted by molar-refractivity contribution is 0.0152. The molecule has 2 N–H and O–H groups in total. The maximum absolute atomic E-state index is 10.5. The Morgan fingerprint density at radius 2 is 2.00 bits per heavy atom. The molecule has 0 bridgehead atoms. The highest BCUT2D eigenvalue weighted by molar-refractivity contribution is 5.21. The molecule has 0 aliphatic heterocycles. The molecular weight excluding hydrogens is 214 g/mol. The minimum Gasteiger partial charge on any atom is -0.395 e. The molecule has 94 valence electrons. The second-order valence-corrected chi connectivity index (χ2v) is 4.39. The fraction of sp³-hybridized carbons (Fsp3) is 0.429. The molecule has 1 aromatic rings. The molecule has 0 radical (unpaired) electrons. The minimum atomic E-state index is -0.917. The van der Waals surface area contributed by atoms with Gasteiger partial charge in [0, 0.05) is 19.6 Å². The van der Waals surface area contributed by atoms with Crippen LogP contribution in [0.15, 0.2) is 43.0 Å². The molecule has 1 aromatic carbocycles. The molecule has 1 atom stereocenters. The Hall–Kier alpha value is -1.16. The standard InChI is InChI=1S/C14H21NO2/c1-3-9-15(10-11-16)12-14(2,17)13-7-5-4-6-8-13/h3-8,16-17H,1,9-12H2,2H3. The van der Waals surface area contributed by atoms with Crippen molar-refractivity contribution >= 4 is 0 Å². The Labute approximate surface area is 103 Å². The van der Waals surface area contributed by atoms with Gasteiger partial charge in [0.25, 0.3) is 0 Å². The minimum absolute atomic E-state index is 0.0821. The summed E-state index contributed by atoms with van der Waals surface area (Å²) in [5, 5.41) is 19.4. The van der Waals surface area contributed by atoms with E-state index in [1.165, 1.54) is 0 Å². The third-order valence-corrected chi connectivity index (χ3v) is 2.73. The fourth-order valence-electron chi connectivity index (χ4n) is 1.88. The van der Waals surface area contributed by atoms with Crippen LogP contribution in [-0.4, -0.2) is 41.4 Å². The van der Waals surface area contributed by atoms with Crippen LogP contribution < -0.4 is 0 Å². The van der Waals surface area contributed by atoms with Gasteiger partial charge in [-0.1, -0.05) is 36.4 Å². The van der Waals surface area contributed by atoms with Crippen LogP contribution in [0.4, 0.5) is 0 Å². The Balaban J connectivity index is 2.72. The largest absolute Gasteiger partial charge is 0.395 e. The summed E-state index contributed by atoms with van der Waals surface area (Å²) < 4.78 is 0. The van der Waals surface area contributed by atoms with Gasteiger partial charge < -0.3 is 10.2 Å². The molecule has 3 heteroatoms. The van der Waals surface area contributed by atoms with Crippen LogP contribution in [-0.2, 0) is 5.60 Å². The highest BCUT2D eigenvalue weighted by atomic mass is 16.3. The van der Waals surface area contributed by atoms with Crippen LogP contribution in [0.1, 0.15) is 12.5 Å². The van der Waals surface area contributed by atoms with Crippen molar-refractivity contribution in [3.8, 4) is 0 Å². The summed E-state index contributed by atoms with van der Waals surface area (Å²) in [6, 6.07) is 9.56. The predicted molar refractivity (Wildman–Crippen MR) is 69.7 cm³/mol. The average molecular weight is 235 g/mol. The van der Waals surface area contributed by atoms with Crippen molar-refractivity contribution in [1.82, 2.24) is 4.90 Å². The van der Waals surface area contributed by atoms with Crippen LogP contribution in [0.5, 0.6) is 0 Å². The van der Waals surface area contributed by atoms with Crippen molar-refractivity contribution in [3.63, 3.8) is 0 Å². The van der Waals surface area contributed by atoms with Crippen molar-refractivity contribution in [2.75, 3.05) is 26.2 Å². The van der Waals surface area contributed by atoms with E-state index in [4.69, 9.17) is 5.11 Å². The average Bonchev–Trinajstić information content (AvgIpc) is 2.30. The van der Waals surface area contributed by atoms with Gasteiger partial charge in [0.05, 0.1) is 12.2 Å². The molecule has 0 aliphatic rings. The van der Waals surface area contributed by atoms with Crippen LogP contribution >= 0.6 is 0 Å². The van der Waals surface area contributed by atoms with E-state index in [-0.39, 0.29) is 6.61 Å². The molecule has 0 aromatic heterocycles. The van der Waals surface area contributed by atoms with Gasteiger partial charge in [0.15, 0.2) is 0 Å². The number of nitrogens with zero attached hydrogens (tertiary/aromatic N) is 1. The summed E-state index contributed by atoms with van der Waals surface area (Å²) in [4.78, 5) is 1.97.